The summed E-state index contributed by atoms with van der Waals surface area (Å²) in [6.07, 6.45) is 4.67. The van der Waals surface area contributed by atoms with E-state index < -0.39 is 0 Å². The highest BCUT2D eigenvalue weighted by atomic mass is 32.1. The Hall–Kier alpha value is -1.26. The molecule has 0 atom stereocenters. The predicted molar refractivity (Wildman–Crippen MR) is 76.7 cm³/mol. The topological polar surface area (TPSA) is 37.8 Å². The van der Waals surface area contributed by atoms with Gasteiger partial charge in [-0.15, -0.1) is 11.3 Å². The van der Waals surface area contributed by atoms with Crippen molar-refractivity contribution < 1.29 is 0 Å². The first-order valence-corrected chi connectivity index (χ1v) is 7.06. The molecule has 2 aromatic heterocycles. The van der Waals surface area contributed by atoms with E-state index in [1.807, 2.05) is 31.6 Å². The van der Waals surface area contributed by atoms with Crippen molar-refractivity contribution in [3.8, 4) is 10.6 Å². The predicted octanol–water partition coefficient (Wildman–Crippen LogP) is 3.12. The van der Waals surface area contributed by atoms with Crippen molar-refractivity contribution in [2.24, 2.45) is 5.92 Å². The molecule has 0 radical (unpaired) electrons. The summed E-state index contributed by atoms with van der Waals surface area (Å²) in [5.74, 6) is 0.632. The quantitative estimate of drug-likeness (QED) is 0.898. The Kier molecular flexibility index (Phi) is 4.44. The molecule has 0 fully saturated rings. The fraction of sp³-hybridized carbons (Fsp3) is 0.429. The number of aromatic nitrogens is 2. The van der Waals surface area contributed by atoms with Crippen molar-refractivity contribution in [1.82, 2.24) is 15.3 Å². The minimum atomic E-state index is 0.632. The lowest BCUT2D eigenvalue weighted by atomic mass is 10.1. The maximum absolute atomic E-state index is 4.79. The summed E-state index contributed by atoms with van der Waals surface area (Å²) < 4.78 is 0. The van der Waals surface area contributed by atoms with Gasteiger partial charge in [-0.2, -0.15) is 0 Å². The number of thiazole rings is 1. The molecule has 2 rings (SSSR count). The van der Waals surface area contributed by atoms with Crippen molar-refractivity contribution in [3.63, 3.8) is 0 Å². The van der Waals surface area contributed by atoms with Gasteiger partial charge in [0.25, 0.3) is 0 Å². The van der Waals surface area contributed by atoms with E-state index >= 15 is 0 Å². The minimum Gasteiger partial charge on any atom is -0.315 e. The van der Waals surface area contributed by atoms with E-state index in [-0.39, 0.29) is 0 Å². The smallest absolute Gasteiger partial charge is 0.124 e. The average molecular weight is 261 g/mol. The number of hydrogen-bond donors (Lipinski definition) is 1. The maximum atomic E-state index is 4.79. The zero-order chi connectivity index (χ0) is 13.0. The van der Waals surface area contributed by atoms with E-state index in [0.29, 0.717) is 5.92 Å². The molecule has 96 valence electrons. The molecule has 0 amide bonds. The number of hydrogen-bond acceptors (Lipinski definition) is 4. The summed E-state index contributed by atoms with van der Waals surface area (Å²) in [7, 11) is 1.98. The van der Waals surface area contributed by atoms with Crippen LogP contribution < -0.4 is 5.32 Å². The molecule has 0 aliphatic rings. The van der Waals surface area contributed by atoms with Crippen molar-refractivity contribution in [2.45, 2.75) is 26.8 Å². The van der Waals surface area contributed by atoms with Gasteiger partial charge in [-0.3, -0.25) is 4.98 Å². The molecule has 0 unspecified atom stereocenters. The van der Waals surface area contributed by atoms with Gasteiger partial charge in [0.1, 0.15) is 5.01 Å². The van der Waals surface area contributed by atoms with Crippen LogP contribution in [0.3, 0.4) is 0 Å². The second-order valence-electron chi connectivity index (χ2n) is 4.75. The molecule has 0 aromatic carbocycles. The summed E-state index contributed by atoms with van der Waals surface area (Å²) in [5, 5.41) is 4.32. The SMILES string of the molecule is CNCc1sc(-c2ccncc2)nc1CC(C)C. The van der Waals surface area contributed by atoms with E-state index in [1.54, 1.807) is 11.3 Å². The van der Waals surface area contributed by atoms with E-state index in [0.717, 1.165) is 23.5 Å². The highest BCUT2D eigenvalue weighted by Crippen LogP contribution is 2.29. The zero-order valence-electron chi connectivity index (χ0n) is 11.1. The van der Waals surface area contributed by atoms with Crippen LogP contribution in [-0.4, -0.2) is 17.0 Å². The molecule has 0 saturated heterocycles. The van der Waals surface area contributed by atoms with Gasteiger partial charge in [0.05, 0.1) is 5.69 Å². The molecule has 0 saturated carbocycles. The van der Waals surface area contributed by atoms with Gasteiger partial charge in [0.2, 0.25) is 0 Å². The van der Waals surface area contributed by atoms with Crippen LogP contribution in [-0.2, 0) is 13.0 Å². The molecule has 0 aliphatic carbocycles. The summed E-state index contributed by atoms with van der Waals surface area (Å²) in [6, 6.07) is 4.03. The first-order valence-electron chi connectivity index (χ1n) is 6.24. The van der Waals surface area contributed by atoms with Gasteiger partial charge >= 0.3 is 0 Å². The highest BCUT2D eigenvalue weighted by Gasteiger charge is 2.13. The van der Waals surface area contributed by atoms with Gasteiger partial charge in [-0.1, -0.05) is 13.8 Å². The van der Waals surface area contributed by atoms with Gasteiger partial charge < -0.3 is 5.32 Å². The maximum Gasteiger partial charge on any atom is 0.124 e. The molecule has 18 heavy (non-hydrogen) atoms. The van der Waals surface area contributed by atoms with Crippen molar-refractivity contribution in [1.29, 1.82) is 0 Å². The lowest BCUT2D eigenvalue weighted by molar-refractivity contribution is 0.631. The number of nitrogens with zero attached hydrogens (tertiary/aromatic N) is 2. The summed E-state index contributed by atoms with van der Waals surface area (Å²) in [5.41, 5.74) is 2.39. The average Bonchev–Trinajstić information content (AvgIpc) is 2.73. The lowest BCUT2D eigenvalue weighted by Gasteiger charge is -2.03. The number of pyridine rings is 1. The van der Waals surface area contributed by atoms with Gasteiger partial charge in [0.15, 0.2) is 0 Å². The molecule has 2 aromatic rings. The third-order valence-corrected chi connectivity index (χ3v) is 3.79. The molecule has 0 aliphatic heterocycles. The van der Waals surface area contributed by atoms with E-state index in [4.69, 9.17) is 4.98 Å². The van der Waals surface area contributed by atoms with Gasteiger partial charge in [-0.25, -0.2) is 4.98 Å². The normalized spacial score (nSPS) is 11.1. The molecular weight excluding hydrogens is 242 g/mol. The Morgan fingerprint density at radius 2 is 2.00 bits per heavy atom. The van der Waals surface area contributed by atoms with Crippen LogP contribution in [0.15, 0.2) is 24.5 Å². The summed E-state index contributed by atoms with van der Waals surface area (Å²) in [4.78, 5) is 10.2. The van der Waals surface area contributed by atoms with Crippen LogP contribution in [0.1, 0.15) is 24.4 Å². The van der Waals surface area contributed by atoms with E-state index in [1.165, 1.54) is 10.6 Å². The molecule has 0 spiro atoms. The van der Waals surface area contributed by atoms with E-state index in [9.17, 15) is 0 Å². The van der Waals surface area contributed by atoms with Crippen LogP contribution in [0.25, 0.3) is 10.6 Å². The second kappa shape index (κ2) is 6.07. The first kappa shape index (κ1) is 13.2. The van der Waals surface area contributed by atoms with Crippen LogP contribution in [0.2, 0.25) is 0 Å². The Morgan fingerprint density at radius 1 is 1.28 bits per heavy atom. The second-order valence-corrected chi connectivity index (χ2v) is 5.84. The number of rotatable bonds is 5. The van der Waals surface area contributed by atoms with Crippen molar-refractivity contribution in [2.75, 3.05) is 7.05 Å². The molecule has 1 N–H and O–H groups in total. The molecule has 4 heteroatoms. The highest BCUT2D eigenvalue weighted by molar-refractivity contribution is 7.15. The standard InChI is InChI=1S/C14H19N3S/c1-10(2)8-12-13(9-15-3)18-14(17-12)11-4-6-16-7-5-11/h4-7,10,15H,8-9H2,1-3H3. The monoisotopic (exact) mass is 261 g/mol. The van der Waals surface area contributed by atoms with Crippen molar-refractivity contribution in [3.05, 3.63) is 35.1 Å². The minimum absolute atomic E-state index is 0.632. The third kappa shape index (κ3) is 3.15. The molecule has 0 bridgehead atoms. The van der Waals surface area contributed by atoms with Gasteiger partial charge in [0, 0.05) is 29.4 Å². The largest absolute Gasteiger partial charge is 0.315 e. The molecule has 2 heterocycles. The molecule has 3 nitrogen and oxygen atoms in total. The fourth-order valence-corrected chi connectivity index (χ4v) is 2.95. The van der Waals surface area contributed by atoms with E-state index in [2.05, 4.69) is 24.1 Å². The first-order chi connectivity index (χ1) is 8.70. The Balaban J connectivity index is 2.33. The zero-order valence-corrected chi connectivity index (χ0v) is 11.9. The Labute approximate surface area is 112 Å². The van der Waals surface area contributed by atoms with Crippen LogP contribution >= 0.6 is 11.3 Å². The van der Waals surface area contributed by atoms with Crippen LogP contribution in [0, 0.1) is 5.92 Å². The van der Waals surface area contributed by atoms with Crippen molar-refractivity contribution >= 4 is 11.3 Å². The fourth-order valence-electron chi connectivity index (χ4n) is 1.85. The molecular formula is C14H19N3S. The summed E-state index contributed by atoms with van der Waals surface area (Å²) >= 11 is 1.78. The number of nitrogens with one attached hydrogen (secondary N) is 1. The van der Waals surface area contributed by atoms with Crippen LogP contribution in [0.5, 0.6) is 0 Å². The Morgan fingerprint density at radius 3 is 2.61 bits per heavy atom. The third-order valence-electron chi connectivity index (χ3n) is 2.64. The lowest BCUT2D eigenvalue weighted by Crippen LogP contribution is -2.07. The van der Waals surface area contributed by atoms with Crippen LogP contribution in [0.4, 0.5) is 0 Å². The summed E-state index contributed by atoms with van der Waals surface area (Å²) in [6.45, 7) is 5.36. The Bertz CT molecular complexity index is 491. The van der Waals surface area contributed by atoms with Gasteiger partial charge in [-0.05, 0) is 31.5 Å².